The standard InChI is InChI=1S/C25H31FN4O4S/c1-25(2,3)19-14-12-18(13-15-19)24-27-22(34-28-24)17-29(4)23(31)11-8-16-30(35(5,32)33)21-10-7-6-9-20(21)26/h6-7,9-10,12-15H,8,11,16-17H2,1-5H3. The summed E-state index contributed by atoms with van der Waals surface area (Å²) < 4.78 is 44.7. The zero-order valence-corrected chi connectivity index (χ0v) is 21.5. The molecule has 0 radical (unpaired) electrons. The fraction of sp³-hybridized carbons (Fsp3) is 0.400. The second kappa shape index (κ2) is 10.6. The van der Waals surface area contributed by atoms with Crippen molar-refractivity contribution in [1.82, 2.24) is 15.0 Å². The molecule has 188 valence electrons. The third-order valence-electron chi connectivity index (χ3n) is 5.55. The van der Waals surface area contributed by atoms with Gasteiger partial charge in [0.1, 0.15) is 5.82 Å². The molecule has 1 amide bonds. The van der Waals surface area contributed by atoms with Gasteiger partial charge in [0.15, 0.2) is 0 Å². The van der Waals surface area contributed by atoms with Gasteiger partial charge >= 0.3 is 0 Å². The van der Waals surface area contributed by atoms with Crippen LogP contribution in [0.1, 0.15) is 45.1 Å². The molecule has 0 aliphatic carbocycles. The van der Waals surface area contributed by atoms with E-state index < -0.39 is 15.8 Å². The first-order chi connectivity index (χ1) is 16.4. The predicted molar refractivity (Wildman–Crippen MR) is 133 cm³/mol. The van der Waals surface area contributed by atoms with E-state index in [1.165, 1.54) is 28.7 Å². The number of hydrogen-bond acceptors (Lipinski definition) is 6. The van der Waals surface area contributed by atoms with Gasteiger partial charge in [0.2, 0.25) is 27.6 Å². The van der Waals surface area contributed by atoms with Crippen molar-refractivity contribution in [3.05, 3.63) is 65.8 Å². The minimum absolute atomic E-state index is 0.0192. The van der Waals surface area contributed by atoms with Gasteiger partial charge in [0.25, 0.3) is 0 Å². The summed E-state index contributed by atoms with van der Waals surface area (Å²) in [6.45, 7) is 6.52. The zero-order valence-electron chi connectivity index (χ0n) is 20.7. The van der Waals surface area contributed by atoms with Crippen molar-refractivity contribution in [3.8, 4) is 11.4 Å². The van der Waals surface area contributed by atoms with Crippen LogP contribution in [0.25, 0.3) is 11.4 Å². The number of aromatic nitrogens is 2. The summed E-state index contributed by atoms with van der Waals surface area (Å²) in [7, 11) is -2.10. The molecular formula is C25H31FN4O4S. The number of carbonyl (C=O) groups excluding carboxylic acids is 1. The van der Waals surface area contributed by atoms with Crippen LogP contribution < -0.4 is 4.31 Å². The van der Waals surface area contributed by atoms with Crippen molar-refractivity contribution in [2.75, 3.05) is 24.2 Å². The number of benzene rings is 2. The van der Waals surface area contributed by atoms with Crippen LogP contribution in [0.15, 0.2) is 53.1 Å². The Bertz CT molecular complexity index is 1270. The second-order valence-corrected chi connectivity index (χ2v) is 11.4. The number of para-hydroxylation sites is 1. The largest absolute Gasteiger partial charge is 0.337 e. The van der Waals surface area contributed by atoms with Gasteiger partial charge in [0, 0.05) is 25.6 Å². The Labute approximate surface area is 205 Å². The van der Waals surface area contributed by atoms with Gasteiger partial charge in [-0.15, -0.1) is 0 Å². The molecule has 0 bridgehead atoms. The molecule has 0 fully saturated rings. The molecule has 8 nitrogen and oxygen atoms in total. The third-order valence-corrected chi connectivity index (χ3v) is 6.73. The van der Waals surface area contributed by atoms with Gasteiger partial charge in [0.05, 0.1) is 18.5 Å². The topological polar surface area (TPSA) is 96.6 Å². The number of anilines is 1. The molecule has 3 rings (SSSR count). The quantitative estimate of drug-likeness (QED) is 0.431. The molecule has 2 aromatic carbocycles. The summed E-state index contributed by atoms with van der Waals surface area (Å²) in [5.41, 5.74) is 2.01. The number of sulfonamides is 1. The average Bonchev–Trinajstić information content (AvgIpc) is 3.24. The maximum Gasteiger partial charge on any atom is 0.246 e. The van der Waals surface area contributed by atoms with Gasteiger partial charge in [-0.25, -0.2) is 12.8 Å². The molecule has 0 N–H and O–H groups in total. The summed E-state index contributed by atoms with van der Waals surface area (Å²) in [6, 6.07) is 13.6. The summed E-state index contributed by atoms with van der Waals surface area (Å²) in [6.07, 6.45) is 1.31. The van der Waals surface area contributed by atoms with E-state index in [2.05, 4.69) is 30.9 Å². The third kappa shape index (κ3) is 6.88. The molecule has 0 unspecified atom stereocenters. The van der Waals surface area contributed by atoms with E-state index in [0.717, 1.165) is 16.1 Å². The summed E-state index contributed by atoms with van der Waals surface area (Å²) >= 11 is 0. The molecule has 10 heteroatoms. The van der Waals surface area contributed by atoms with E-state index in [9.17, 15) is 17.6 Å². The van der Waals surface area contributed by atoms with Crippen LogP contribution >= 0.6 is 0 Å². The van der Waals surface area contributed by atoms with E-state index in [1.54, 1.807) is 13.1 Å². The first-order valence-electron chi connectivity index (χ1n) is 11.3. The number of hydrogen-bond donors (Lipinski definition) is 0. The Kier molecular flexibility index (Phi) is 7.94. The van der Waals surface area contributed by atoms with E-state index in [1.807, 2.05) is 24.3 Å². The first-order valence-corrected chi connectivity index (χ1v) is 13.1. The number of halogens is 1. The van der Waals surface area contributed by atoms with Crippen LogP contribution in [0.5, 0.6) is 0 Å². The van der Waals surface area contributed by atoms with Crippen LogP contribution in [0, 0.1) is 5.82 Å². The van der Waals surface area contributed by atoms with Crippen molar-refractivity contribution >= 4 is 21.6 Å². The normalized spacial score (nSPS) is 11.9. The van der Waals surface area contributed by atoms with Crippen LogP contribution in [0.2, 0.25) is 0 Å². The van der Waals surface area contributed by atoms with Gasteiger partial charge in [-0.3, -0.25) is 9.10 Å². The Morgan fingerprint density at radius 3 is 2.34 bits per heavy atom. The first kappa shape index (κ1) is 26.3. The monoisotopic (exact) mass is 502 g/mol. The molecule has 35 heavy (non-hydrogen) atoms. The lowest BCUT2D eigenvalue weighted by molar-refractivity contribution is -0.130. The number of nitrogens with zero attached hydrogens (tertiary/aromatic N) is 4. The number of carbonyl (C=O) groups is 1. The maximum absolute atomic E-state index is 14.1. The fourth-order valence-corrected chi connectivity index (χ4v) is 4.50. The highest BCUT2D eigenvalue weighted by Crippen LogP contribution is 2.25. The Hall–Kier alpha value is -3.27. The predicted octanol–water partition coefficient (Wildman–Crippen LogP) is 4.38. The lowest BCUT2D eigenvalue weighted by Gasteiger charge is -2.23. The molecule has 0 atom stereocenters. The summed E-state index contributed by atoms with van der Waals surface area (Å²) in [5.74, 6) is -0.127. The highest BCUT2D eigenvalue weighted by Gasteiger charge is 2.21. The van der Waals surface area contributed by atoms with E-state index in [-0.39, 0.29) is 42.9 Å². The molecule has 0 saturated heterocycles. The number of rotatable bonds is 9. The lowest BCUT2D eigenvalue weighted by atomic mass is 9.87. The van der Waals surface area contributed by atoms with Crippen LogP contribution in [0.3, 0.4) is 0 Å². The fourth-order valence-electron chi connectivity index (χ4n) is 3.53. The molecule has 0 saturated carbocycles. The van der Waals surface area contributed by atoms with Gasteiger partial charge in [-0.1, -0.05) is 62.3 Å². The van der Waals surface area contributed by atoms with E-state index in [4.69, 9.17) is 4.52 Å². The van der Waals surface area contributed by atoms with E-state index >= 15 is 0 Å². The molecule has 0 spiro atoms. The number of amides is 1. The molecule has 1 heterocycles. The smallest absolute Gasteiger partial charge is 0.246 e. The molecule has 3 aromatic rings. The zero-order chi connectivity index (χ0) is 25.8. The Balaban J connectivity index is 1.57. The molecule has 1 aromatic heterocycles. The molecule has 0 aliphatic heterocycles. The van der Waals surface area contributed by atoms with Crippen LogP contribution in [-0.2, 0) is 26.8 Å². The Morgan fingerprint density at radius 2 is 1.74 bits per heavy atom. The minimum atomic E-state index is -3.71. The van der Waals surface area contributed by atoms with Crippen molar-refractivity contribution in [2.45, 2.75) is 45.6 Å². The SMILES string of the molecule is CN(Cc1nc(-c2ccc(C(C)(C)C)cc2)no1)C(=O)CCCN(c1ccccc1F)S(C)(=O)=O. The Morgan fingerprint density at radius 1 is 1.09 bits per heavy atom. The van der Waals surface area contributed by atoms with Crippen molar-refractivity contribution < 1.29 is 22.1 Å². The molecular weight excluding hydrogens is 471 g/mol. The van der Waals surface area contributed by atoms with Crippen molar-refractivity contribution in [1.29, 1.82) is 0 Å². The maximum atomic E-state index is 14.1. The minimum Gasteiger partial charge on any atom is -0.337 e. The van der Waals surface area contributed by atoms with Crippen LogP contribution in [0.4, 0.5) is 10.1 Å². The van der Waals surface area contributed by atoms with Gasteiger partial charge in [-0.05, 0) is 29.5 Å². The lowest BCUT2D eigenvalue weighted by Crippen LogP contribution is -2.33. The highest BCUT2D eigenvalue weighted by atomic mass is 32.2. The second-order valence-electron chi connectivity index (χ2n) is 9.48. The van der Waals surface area contributed by atoms with E-state index in [0.29, 0.717) is 11.7 Å². The van der Waals surface area contributed by atoms with Crippen molar-refractivity contribution in [2.24, 2.45) is 0 Å². The highest BCUT2D eigenvalue weighted by molar-refractivity contribution is 7.92. The van der Waals surface area contributed by atoms with Gasteiger partial charge in [-0.2, -0.15) is 4.98 Å². The average molecular weight is 503 g/mol. The summed E-state index contributed by atoms with van der Waals surface area (Å²) in [4.78, 5) is 18.4. The molecule has 0 aliphatic rings. The van der Waals surface area contributed by atoms with Gasteiger partial charge < -0.3 is 9.42 Å². The summed E-state index contributed by atoms with van der Waals surface area (Å²) in [5, 5.41) is 4.01. The van der Waals surface area contributed by atoms with Crippen molar-refractivity contribution in [3.63, 3.8) is 0 Å². The van der Waals surface area contributed by atoms with Crippen LogP contribution in [-0.4, -0.2) is 49.2 Å².